The second-order valence-electron chi connectivity index (χ2n) is 6.25. The summed E-state index contributed by atoms with van der Waals surface area (Å²) >= 11 is 0.704. The maximum atomic E-state index is 13.0. The van der Waals surface area contributed by atoms with Gasteiger partial charge in [0.25, 0.3) is 10.0 Å². The first-order valence-corrected chi connectivity index (χ1v) is 12.5. The van der Waals surface area contributed by atoms with E-state index in [1.807, 2.05) is 6.92 Å². The Kier molecular flexibility index (Phi) is 9.78. The second-order valence-corrected chi connectivity index (χ2v) is 11.2. The molecule has 1 unspecified atom stereocenters. The summed E-state index contributed by atoms with van der Waals surface area (Å²) in [6.07, 6.45) is 1.01. The number of nitrogens with one attached hydrogen (secondary N) is 1. The second kappa shape index (κ2) is 10.6. The van der Waals surface area contributed by atoms with Gasteiger partial charge in [0.15, 0.2) is 6.29 Å². The first kappa shape index (κ1) is 25.7. The minimum absolute atomic E-state index is 0. The van der Waals surface area contributed by atoms with E-state index in [1.165, 1.54) is 17.5 Å². The molecule has 0 aliphatic carbocycles. The van der Waals surface area contributed by atoms with Crippen LogP contribution in [0.15, 0.2) is 14.5 Å². The van der Waals surface area contributed by atoms with Crippen LogP contribution in [0.1, 0.15) is 38.3 Å². The van der Waals surface area contributed by atoms with Gasteiger partial charge in [0.2, 0.25) is 10.0 Å². The molecular formula is C15H28ClN3O6S3. The summed E-state index contributed by atoms with van der Waals surface area (Å²) in [7, 11) is -6.22. The van der Waals surface area contributed by atoms with Crippen LogP contribution in [0.3, 0.4) is 0 Å². The van der Waals surface area contributed by atoms with Gasteiger partial charge in [0, 0.05) is 31.8 Å². The Bertz CT molecular complexity index is 843. The van der Waals surface area contributed by atoms with Crippen LogP contribution in [0.25, 0.3) is 0 Å². The zero-order valence-corrected chi connectivity index (χ0v) is 19.3. The molecule has 2 rings (SSSR count). The maximum absolute atomic E-state index is 13.0. The van der Waals surface area contributed by atoms with E-state index in [9.17, 15) is 16.8 Å². The van der Waals surface area contributed by atoms with Gasteiger partial charge in [-0.05, 0) is 32.4 Å². The molecule has 2 heterocycles. The van der Waals surface area contributed by atoms with Gasteiger partial charge in [-0.1, -0.05) is 6.92 Å². The number of hydrogen-bond donors (Lipinski definition) is 2. The summed E-state index contributed by atoms with van der Waals surface area (Å²) in [5.74, 6) is 0. The van der Waals surface area contributed by atoms with Gasteiger partial charge < -0.3 is 14.8 Å². The lowest BCUT2D eigenvalue weighted by molar-refractivity contribution is -0.111. The molecule has 0 saturated carbocycles. The summed E-state index contributed by atoms with van der Waals surface area (Å²) in [5.41, 5.74) is 0.470. The number of thiophene rings is 1. The number of methoxy groups -OCH3 is 1. The van der Waals surface area contributed by atoms with Crippen LogP contribution in [0.5, 0.6) is 0 Å². The molecule has 3 N–H and O–H groups in total. The summed E-state index contributed by atoms with van der Waals surface area (Å²) < 4.78 is 61.0. The zero-order chi connectivity index (χ0) is 20.2. The first-order valence-electron chi connectivity index (χ1n) is 8.65. The van der Waals surface area contributed by atoms with Crippen molar-refractivity contribution in [2.75, 3.05) is 33.4 Å². The number of halogens is 1. The smallest absolute Gasteiger partial charge is 0.252 e. The molecule has 0 bridgehead atoms. The minimum atomic E-state index is -3.97. The average molecular weight is 478 g/mol. The summed E-state index contributed by atoms with van der Waals surface area (Å²) in [6, 6.07) is 1.09. The van der Waals surface area contributed by atoms with Crippen LogP contribution in [-0.2, 0) is 29.5 Å². The summed E-state index contributed by atoms with van der Waals surface area (Å²) in [4.78, 5) is 0. The highest BCUT2D eigenvalue weighted by atomic mass is 35.5. The number of fused-ring (bicyclic) bond motifs is 1. The quantitative estimate of drug-likeness (QED) is 0.383. The molecule has 0 amide bonds. The summed E-state index contributed by atoms with van der Waals surface area (Å²) in [5, 5.41) is 8.49. The van der Waals surface area contributed by atoms with Crippen LogP contribution in [0, 0.1) is 0 Å². The Labute approximate surface area is 177 Å². The van der Waals surface area contributed by atoms with Crippen molar-refractivity contribution < 1.29 is 26.3 Å². The maximum Gasteiger partial charge on any atom is 0.252 e. The molecule has 0 spiro atoms. The fraction of sp³-hybridized carbons (Fsp3) is 0.733. The van der Waals surface area contributed by atoms with Crippen molar-refractivity contribution in [2.24, 2.45) is 5.14 Å². The van der Waals surface area contributed by atoms with E-state index >= 15 is 0 Å². The van der Waals surface area contributed by atoms with Gasteiger partial charge in [0.05, 0.1) is 6.61 Å². The Morgan fingerprint density at radius 1 is 1.46 bits per heavy atom. The summed E-state index contributed by atoms with van der Waals surface area (Å²) in [6.45, 7) is 5.31. The molecule has 0 radical (unpaired) electrons. The number of sulfonamides is 2. The largest absolute Gasteiger partial charge is 0.356 e. The number of hydrogen-bond acceptors (Lipinski definition) is 8. The molecule has 1 aromatic rings. The first-order chi connectivity index (χ1) is 12.6. The van der Waals surface area contributed by atoms with Gasteiger partial charge in [-0.25, -0.2) is 22.0 Å². The van der Waals surface area contributed by atoms with Crippen molar-refractivity contribution in [1.82, 2.24) is 9.62 Å². The predicted molar refractivity (Wildman–Crippen MR) is 110 cm³/mol. The SMILES string of the molecule is CCCN[C@H]1CN(CCCOC(C)OC)S(=O)(=O)c2sc(S(N)(=O)=O)cc21.Cl. The van der Waals surface area contributed by atoms with Gasteiger partial charge in [-0.15, -0.1) is 23.7 Å². The van der Waals surface area contributed by atoms with E-state index in [2.05, 4.69) is 5.32 Å². The van der Waals surface area contributed by atoms with Gasteiger partial charge in [-0.3, -0.25) is 0 Å². The van der Waals surface area contributed by atoms with E-state index < -0.39 is 20.0 Å². The van der Waals surface area contributed by atoms with Crippen LogP contribution in [-0.4, -0.2) is 60.8 Å². The van der Waals surface area contributed by atoms with Crippen molar-refractivity contribution in [1.29, 1.82) is 0 Å². The average Bonchev–Trinajstić information content (AvgIpc) is 3.06. The lowest BCUT2D eigenvalue weighted by atomic mass is 10.1. The van der Waals surface area contributed by atoms with Crippen molar-refractivity contribution >= 4 is 43.8 Å². The third-order valence-electron chi connectivity index (χ3n) is 4.20. The van der Waals surface area contributed by atoms with Crippen molar-refractivity contribution in [3.05, 3.63) is 11.6 Å². The highest BCUT2D eigenvalue weighted by Gasteiger charge is 2.39. The normalized spacial score (nSPS) is 20.4. The van der Waals surface area contributed by atoms with Crippen molar-refractivity contribution in [3.63, 3.8) is 0 Å². The molecule has 28 heavy (non-hydrogen) atoms. The molecule has 13 heteroatoms. The number of primary sulfonamides is 1. The molecule has 2 atom stereocenters. The lowest BCUT2D eigenvalue weighted by Gasteiger charge is -2.32. The Balaban J connectivity index is 0.00000392. The third kappa shape index (κ3) is 6.09. The minimum Gasteiger partial charge on any atom is -0.356 e. The molecule has 1 aliphatic heterocycles. The fourth-order valence-electron chi connectivity index (χ4n) is 2.73. The lowest BCUT2D eigenvalue weighted by Crippen LogP contribution is -2.44. The Morgan fingerprint density at radius 3 is 2.71 bits per heavy atom. The topological polar surface area (TPSA) is 128 Å². The third-order valence-corrected chi connectivity index (χ3v) is 9.16. The van der Waals surface area contributed by atoms with Gasteiger partial charge in [0.1, 0.15) is 8.42 Å². The monoisotopic (exact) mass is 477 g/mol. The molecule has 0 aromatic carbocycles. The molecule has 0 saturated heterocycles. The van der Waals surface area contributed by atoms with Gasteiger partial charge >= 0.3 is 0 Å². The highest BCUT2D eigenvalue weighted by Crippen LogP contribution is 2.39. The number of nitrogens with zero attached hydrogens (tertiary/aromatic N) is 1. The van der Waals surface area contributed by atoms with E-state index in [1.54, 1.807) is 6.92 Å². The van der Waals surface area contributed by atoms with Crippen LogP contribution >= 0.6 is 23.7 Å². The van der Waals surface area contributed by atoms with E-state index in [4.69, 9.17) is 14.6 Å². The fourth-order valence-corrected chi connectivity index (χ4v) is 7.04. The molecule has 9 nitrogen and oxygen atoms in total. The van der Waals surface area contributed by atoms with Crippen molar-refractivity contribution in [3.8, 4) is 0 Å². The van der Waals surface area contributed by atoms with Crippen LogP contribution < -0.4 is 10.5 Å². The van der Waals surface area contributed by atoms with Crippen LogP contribution in [0.4, 0.5) is 0 Å². The number of ether oxygens (including phenoxy) is 2. The molecule has 0 fully saturated rings. The van der Waals surface area contributed by atoms with E-state index in [0.29, 0.717) is 36.5 Å². The Hall–Kier alpha value is -0.310. The zero-order valence-electron chi connectivity index (χ0n) is 16.1. The number of nitrogens with two attached hydrogens (primary N) is 1. The molecule has 1 aromatic heterocycles. The molecule has 164 valence electrons. The predicted octanol–water partition coefficient (Wildman–Crippen LogP) is 1.26. The van der Waals surface area contributed by atoms with Crippen LogP contribution in [0.2, 0.25) is 0 Å². The van der Waals surface area contributed by atoms with Gasteiger partial charge in [-0.2, -0.15) is 4.31 Å². The molecule has 1 aliphatic rings. The molecular weight excluding hydrogens is 450 g/mol. The van der Waals surface area contributed by atoms with E-state index in [0.717, 1.165) is 6.42 Å². The highest BCUT2D eigenvalue weighted by molar-refractivity contribution is 7.94. The van der Waals surface area contributed by atoms with E-state index in [-0.39, 0.29) is 46.2 Å². The standard InChI is InChI=1S/C15H27N3O6S3.ClH/c1-4-6-17-13-10-18(7-5-8-24-11(2)23-3)27(21,22)15-12(13)9-14(25-15)26(16,19)20;/h9,11,13,17H,4-8,10H2,1-3H3,(H2,16,19,20);1H/t11?,13-;/m0./s1. The Morgan fingerprint density at radius 2 is 2.14 bits per heavy atom. The number of rotatable bonds is 10. The van der Waals surface area contributed by atoms with Crippen molar-refractivity contribution in [2.45, 2.75) is 47.4 Å².